The van der Waals surface area contributed by atoms with Crippen molar-refractivity contribution < 1.29 is 19.1 Å². The average molecular weight is 363 g/mol. The quantitative estimate of drug-likeness (QED) is 0.830. The van der Waals surface area contributed by atoms with Crippen molar-refractivity contribution in [3.63, 3.8) is 0 Å². The van der Waals surface area contributed by atoms with Crippen LogP contribution >= 0.6 is 34.8 Å². The summed E-state index contributed by atoms with van der Waals surface area (Å²) in [6.45, 7) is 0. The number of esters is 2. The summed E-state index contributed by atoms with van der Waals surface area (Å²) in [5.74, 6) is -1.43. The fourth-order valence-electron chi connectivity index (χ4n) is 1.92. The molecule has 5 nitrogen and oxygen atoms in total. The van der Waals surface area contributed by atoms with Crippen LogP contribution in [0.2, 0.25) is 15.1 Å². The molecule has 0 aliphatic carbocycles. The molecule has 1 N–H and O–H groups in total. The van der Waals surface area contributed by atoms with E-state index in [0.29, 0.717) is 5.56 Å². The summed E-state index contributed by atoms with van der Waals surface area (Å²) in [5, 5.41) is 0.481. The molecule has 0 bridgehead atoms. The number of carbonyl (C=O) groups excluding carboxylic acids is 2. The first-order valence-corrected chi connectivity index (χ1v) is 7.08. The molecule has 1 aromatic heterocycles. The minimum absolute atomic E-state index is 0.00332. The molecular weight excluding hydrogens is 353 g/mol. The molecule has 0 aliphatic heterocycles. The molecule has 1 aromatic carbocycles. The average Bonchev–Trinajstić information content (AvgIpc) is 2.86. The lowest BCUT2D eigenvalue weighted by Gasteiger charge is -2.07. The predicted molar refractivity (Wildman–Crippen MR) is 83.9 cm³/mol. The minimum atomic E-state index is -0.723. The summed E-state index contributed by atoms with van der Waals surface area (Å²) in [7, 11) is 2.40. The predicted octanol–water partition coefficient (Wildman–Crippen LogP) is 4.22. The third-order valence-electron chi connectivity index (χ3n) is 2.94. The van der Waals surface area contributed by atoms with E-state index in [1.165, 1.54) is 14.2 Å². The van der Waals surface area contributed by atoms with Gasteiger partial charge in [0.25, 0.3) is 0 Å². The SMILES string of the molecule is COC(=O)c1[nH]c(C(=O)OC)c(-c2cccc(Cl)c2Cl)c1Cl. The van der Waals surface area contributed by atoms with Gasteiger partial charge in [-0.25, -0.2) is 9.59 Å². The third-order valence-corrected chi connectivity index (χ3v) is 4.14. The Kier molecular flexibility index (Phi) is 5.01. The number of nitrogens with one attached hydrogen (secondary N) is 1. The van der Waals surface area contributed by atoms with Gasteiger partial charge in [-0.05, 0) is 6.07 Å². The summed E-state index contributed by atoms with van der Waals surface area (Å²) < 4.78 is 9.32. The largest absolute Gasteiger partial charge is 0.464 e. The molecule has 2 aromatic rings. The number of benzene rings is 1. The molecule has 8 heteroatoms. The summed E-state index contributed by atoms with van der Waals surface area (Å²) in [5.41, 5.74) is 0.528. The lowest BCUT2D eigenvalue weighted by Crippen LogP contribution is -2.06. The Morgan fingerprint density at radius 3 is 2.14 bits per heavy atom. The second-order valence-electron chi connectivity index (χ2n) is 4.15. The maximum atomic E-state index is 11.9. The highest BCUT2D eigenvalue weighted by Crippen LogP contribution is 2.41. The van der Waals surface area contributed by atoms with Crippen molar-refractivity contribution >= 4 is 46.7 Å². The van der Waals surface area contributed by atoms with Crippen molar-refractivity contribution in [2.75, 3.05) is 14.2 Å². The highest BCUT2D eigenvalue weighted by Gasteiger charge is 2.28. The molecule has 0 amide bonds. The fraction of sp³-hybridized carbons (Fsp3) is 0.143. The number of methoxy groups -OCH3 is 2. The van der Waals surface area contributed by atoms with Gasteiger partial charge < -0.3 is 14.5 Å². The van der Waals surface area contributed by atoms with Crippen molar-refractivity contribution in [3.05, 3.63) is 44.7 Å². The van der Waals surface area contributed by atoms with Crippen LogP contribution in [0.4, 0.5) is 0 Å². The zero-order valence-corrected chi connectivity index (χ0v) is 13.8. The molecule has 2 rings (SSSR count). The number of carbonyl (C=O) groups is 2. The van der Waals surface area contributed by atoms with E-state index in [0.717, 1.165) is 0 Å². The van der Waals surface area contributed by atoms with Crippen LogP contribution in [-0.2, 0) is 9.47 Å². The van der Waals surface area contributed by atoms with Gasteiger partial charge in [0.2, 0.25) is 0 Å². The maximum Gasteiger partial charge on any atom is 0.356 e. The standard InChI is InChI=1S/C14H10Cl3NO4/c1-21-13(19)11-8(6-4-3-5-7(15)9(6)16)10(17)12(18-11)14(20)22-2/h3-5,18H,1-2H3. The van der Waals surface area contributed by atoms with E-state index in [1.54, 1.807) is 18.2 Å². The molecule has 22 heavy (non-hydrogen) atoms. The van der Waals surface area contributed by atoms with Crippen LogP contribution in [0.5, 0.6) is 0 Å². The summed E-state index contributed by atoms with van der Waals surface area (Å²) in [6, 6.07) is 4.86. The van der Waals surface area contributed by atoms with Crippen molar-refractivity contribution in [2.24, 2.45) is 0 Å². The van der Waals surface area contributed by atoms with Crippen LogP contribution in [0.25, 0.3) is 11.1 Å². The molecule has 0 radical (unpaired) electrons. The smallest absolute Gasteiger partial charge is 0.356 e. The molecule has 0 spiro atoms. The van der Waals surface area contributed by atoms with Crippen LogP contribution in [0.3, 0.4) is 0 Å². The number of aromatic amines is 1. The fourth-order valence-corrected chi connectivity index (χ4v) is 2.64. The summed E-state index contributed by atoms with van der Waals surface area (Å²) in [4.78, 5) is 26.3. The van der Waals surface area contributed by atoms with Crippen LogP contribution in [0.1, 0.15) is 21.0 Å². The Balaban J connectivity index is 2.78. The van der Waals surface area contributed by atoms with Gasteiger partial charge in [0.15, 0.2) is 0 Å². The van der Waals surface area contributed by atoms with Crippen LogP contribution in [0.15, 0.2) is 18.2 Å². The molecular formula is C14H10Cl3NO4. The number of aromatic nitrogens is 1. The number of hydrogen-bond donors (Lipinski definition) is 1. The van der Waals surface area contributed by atoms with Gasteiger partial charge in [0.1, 0.15) is 11.4 Å². The lowest BCUT2D eigenvalue weighted by molar-refractivity contribution is 0.0590. The van der Waals surface area contributed by atoms with Crippen LogP contribution < -0.4 is 0 Å². The van der Waals surface area contributed by atoms with Crippen molar-refractivity contribution in [3.8, 4) is 11.1 Å². The number of hydrogen-bond acceptors (Lipinski definition) is 4. The van der Waals surface area contributed by atoms with E-state index in [1.807, 2.05) is 0 Å². The van der Waals surface area contributed by atoms with Gasteiger partial charge >= 0.3 is 11.9 Å². The van der Waals surface area contributed by atoms with E-state index in [2.05, 4.69) is 9.72 Å². The van der Waals surface area contributed by atoms with Crippen molar-refractivity contribution in [1.82, 2.24) is 4.98 Å². The van der Waals surface area contributed by atoms with Gasteiger partial charge in [-0.2, -0.15) is 0 Å². The van der Waals surface area contributed by atoms with Gasteiger partial charge in [0, 0.05) is 11.1 Å². The summed E-state index contributed by atoms with van der Waals surface area (Å²) in [6.07, 6.45) is 0. The van der Waals surface area contributed by atoms with Gasteiger partial charge in [-0.1, -0.05) is 46.9 Å². The van der Waals surface area contributed by atoms with Crippen molar-refractivity contribution in [1.29, 1.82) is 0 Å². The number of ether oxygens (including phenoxy) is 2. The summed E-state index contributed by atoms with van der Waals surface area (Å²) >= 11 is 18.4. The molecule has 0 fully saturated rings. The normalized spacial score (nSPS) is 10.4. The molecule has 0 saturated carbocycles. The lowest BCUT2D eigenvalue weighted by atomic mass is 10.1. The third kappa shape index (κ3) is 2.79. The van der Waals surface area contributed by atoms with Gasteiger partial charge in [-0.3, -0.25) is 0 Å². The first-order chi connectivity index (χ1) is 10.4. The molecule has 1 heterocycles. The molecule has 0 saturated heterocycles. The molecule has 0 atom stereocenters. The van der Waals surface area contributed by atoms with Gasteiger partial charge in [0.05, 0.1) is 29.3 Å². The first kappa shape index (κ1) is 16.7. The topological polar surface area (TPSA) is 68.4 Å². The molecule has 0 unspecified atom stereocenters. The second-order valence-corrected chi connectivity index (χ2v) is 5.31. The Hall–Kier alpha value is -1.69. The number of halogens is 3. The molecule has 0 aliphatic rings. The van der Waals surface area contributed by atoms with Crippen LogP contribution in [-0.4, -0.2) is 31.1 Å². The van der Waals surface area contributed by atoms with E-state index >= 15 is 0 Å². The monoisotopic (exact) mass is 361 g/mol. The Bertz CT molecular complexity index is 755. The number of rotatable bonds is 3. The Morgan fingerprint density at radius 1 is 0.955 bits per heavy atom. The Morgan fingerprint density at radius 2 is 1.55 bits per heavy atom. The van der Waals surface area contributed by atoms with Crippen molar-refractivity contribution in [2.45, 2.75) is 0 Å². The van der Waals surface area contributed by atoms with E-state index in [4.69, 9.17) is 39.5 Å². The Labute approximate surface area is 141 Å². The zero-order valence-electron chi connectivity index (χ0n) is 11.5. The number of H-pyrrole nitrogens is 1. The maximum absolute atomic E-state index is 11.9. The highest BCUT2D eigenvalue weighted by molar-refractivity contribution is 6.45. The zero-order chi connectivity index (χ0) is 16.4. The van der Waals surface area contributed by atoms with E-state index in [9.17, 15) is 9.59 Å². The van der Waals surface area contributed by atoms with Crippen LogP contribution in [0, 0.1) is 0 Å². The first-order valence-electron chi connectivity index (χ1n) is 5.94. The van der Waals surface area contributed by atoms with Gasteiger partial charge in [-0.15, -0.1) is 0 Å². The highest BCUT2D eigenvalue weighted by atomic mass is 35.5. The van der Waals surface area contributed by atoms with E-state index < -0.39 is 11.9 Å². The second kappa shape index (κ2) is 6.60. The molecule has 116 valence electrons. The minimum Gasteiger partial charge on any atom is -0.464 e. The van der Waals surface area contributed by atoms with E-state index in [-0.39, 0.29) is 32.0 Å².